The lowest BCUT2D eigenvalue weighted by molar-refractivity contribution is 0.0952. The molecule has 0 aromatic heterocycles. The van der Waals surface area contributed by atoms with Crippen molar-refractivity contribution < 1.29 is 18.0 Å². The van der Waals surface area contributed by atoms with Gasteiger partial charge in [0.05, 0.1) is 10.6 Å². The minimum absolute atomic E-state index is 0.0520. The molecule has 3 aromatic carbocycles. The summed E-state index contributed by atoms with van der Waals surface area (Å²) in [4.78, 5) is 25.2. The molecule has 0 aliphatic carbocycles. The second kappa shape index (κ2) is 10.0. The average Bonchev–Trinajstić information content (AvgIpc) is 2.79. The van der Waals surface area contributed by atoms with E-state index in [9.17, 15) is 18.0 Å². The zero-order valence-corrected chi connectivity index (χ0v) is 18.0. The van der Waals surface area contributed by atoms with Gasteiger partial charge in [-0.05, 0) is 55.3 Å². The van der Waals surface area contributed by atoms with Gasteiger partial charge in [0.1, 0.15) is 0 Å². The Labute approximate surface area is 182 Å². The van der Waals surface area contributed by atoms with Crippen molar-refractivity contribution in [3.8, 4) is 0 Å². The van der Waals surface area contributed by atoms with E-state index in [-0.39, 0.29) is 29.0 Å². The largest absolute Gasteiger partial charge is 0.352 e. The summed E-state index contributed by atoms with van der Waals surface area (Å²) in [5, 5.41) is 5.57. The molecule has 3 rings (SSSR count). The minimum atomic E-state index is -3.37. The monoisotopic (exact) mass is 436 g/mol. The second-order valence-electron chi connectivity index (χ2n) is 7.09. The van der Waals surface area contributed by atoms with E-state index in [1.165, 1.54) is 0 Å². The van der Waals surface area contributed by atoms with E-state index in [1.807, 2.05) is 13.0 Å². The van der Waals surface area contributed by atoms with E-state index < -0.39 is 9.84 Å². The van der Waals surface area contributed by atoms with Gasteiger partial charge in [0, 0.05) is 23.4 Å². The maximum absolute atomic E-state index is 12.5. The van der Waals surface area contributed by atoms with E-state index in [2.05, 4.69) is 10.6 Å². The molecule has 0 bridgehead atoms. The maximum Gasteiger partial charge on any atom is 0.255 e. The Hall–Kier alpha value is -3.45. The van der Waals surface area contributed by atoms with Gasteiger partial charge >= 0.3 is 0 Å². The minimum Gasteiger partial charge on any atom is -0.352 e. The summed E-state index contributed by atoms with van der Waals surface area (Å²) >= 11 is 0. The molecular formula is C24H24N2O4S. The topological polar surface area (TPSA) is 92.3 Å². The summed E-state index contributed by atoms with van der Waals surface area (Å²) in [7, 11) is -3.37. The molecule has 0 fully saturated rings. The second-order valence-corrected chi connectivity index (χ2v) is 9.20. The first-order valence-corrected chi connectivity index (χ1v) is 11.5. The van der Waals surface area contributed by atoms with Crippen molar-refractivity contribution in [2.75, 3.05) is 17.6 Å². The zero-order chi connectivity index (χ0) is 22.3. The number of aryl methyl sites for hydroxylation is 1. The first-order chi connectivity index (χ1) is 14.9. The van der Waals surface area contributed by atoms with Crippen LogP contribution in [0.2, 0.25) is 0 Å². The number of rotatable bonds is 8. The van der Waals surface area contributed by atoms with Crippen LogP contribution in [-0.2, 0) is 9.84 Å². The Morgan fingerprint density at radius 3 is 2.13 bits per heavy atom. The third-order valence-corrected chi connectivity index (χ3v) is 6.58. The van der Waals surface area contributed by atoms with Gasteiger partial charge in [0.25, 0.3) is 11.8 Å². The Balaban J connectivity index is 1.57. The molecule has 0 saturated carbocycles. The summed E-state index contributed by atoms with van der Waals surface area (Å²) in [6.45, 7) is 2.07. The fourth-order valence-electron chi connectivity index (χ4n) is 2.99. The number of amides is 2. The number of sulfone groups is 1. The number of hydrogen-bond acceptors (Lipinski definition) is 4. The molecule has 0 saturated heterocycles. The van der Waals surface area contributed by atoms with Gasteiger partial charge < -0.3 is 10.6 Å². The fraction of sp³-hybridized carbons (Fsp3) is 0.167. The number of anilines is 1. The van der Waals surface area contributed by atoms with Crippen LogP contribution in [0.25, 0.3) is 0 Å². The molecular weight excluding hydrogens is 412 g/mol. The van der Waals surface area contributed by atoms with Gasteiger partial charge in [0.15, 0.2) is 9.84 Å². The van der Waals surface area contributed by atoms with Crippen molar-refractivity contribution in [1.82, 2.24) is 5.32 Å². The quantitative estimate of drug-likeness (QED) is 0.525. The molecule has 3 aromatic rings. The highest BCUT2D eigenvalue weighted by Crippen LogP contribution is 2.18. The maximum atomic E-state index is 12.5. The van der Waals surface area contributed by atoms with Gasteiger partial charge in [-0.2, -0.15) is 0 Å². The number of carbonyl (C=O) groups is 2. The third kappa shape index (κ3) is 6.02. The highest BCUT2D eigenvalue weighted by Gasteiger charge is 2.14. The van der Waals surface area contributed by atoms with Crippen molar-refractivity contribution in [2.24, 2.45) is 0 Å². The molecule has 0 atom stereocenters. The highest BCUT2D eigenvalue weighted by molar-refractivity contribution is 7.91. The summed E-state index contributed by atoms with van der Waals surface area (Å²) in [5.41, 5.74) is 2.29. The van der Waals surface area contributed by atoms with Gasteiger partial charge in [-0.3, -0.25) is 9.59 Å². The van der Waals surface area contributed by atoms with Crippen LogP contribution in [0.5, 0.6) is 0 Å². The lowest BCUT2D eigenvalue weighted by Gasteiger charge is -2.11. The van der Waals surface area contributed by atoms with Crippen LogP contribution in [-0.4, -0.2) is 32.5 Å². The lowest BCUT2D eigenvalue weighted by atomic mass is 10.1. The lowest BCUT2D eigenvalue weighted by Crippen LogP contribution is -2.26. The predicted octanol–water partition coefficient (Wildman–Crippen LogP) is 3.84. The van der Waals surface area contributed by atoms with E-state index in [4.69, 9.17) is 0 Å². The van der Waals surface area contributed by atoms with Gasteiger partial charge in [-0.25, -0.2) is 8.42 Å². The molecule has 6 nitrogen and oxygen atoms in total. The van der Waals surface area contributed by atoms with Crippen molar-refractivity contribution in [3.63, 3.8) is 0 Å². The Kier molecular flexibility index (Phi) is 7.20. The third-order valence-electron chi connectivity index (χ3n) is 4.76. The Morgan fingerprint density at radius 1 is 0.806 bits per heavy atom. The summed E-state index contributed by atoms with van der Waals surface area (Å²) < 4.78 is 24.6. The molecule has 31 heavy (non-hydrogen) atoms. The van der Waals surface area contributed by atoms with Crippen LogP contribution in [0.3, 0.4) is 0 Å². The van der Waals surface area contributed by atoms with Crippen molar-refractivity contribution >= 4 is 27.3 Å². The van der Waals surface area contributed by atoms with Crippen LogP contribution in [0.15, 0.2) is 83.8 Å². The van der Waals surface area contributed by atoms with Crippen LogP contribution >= 0.6 is 0 Å². The highest BCUT2D eigenvalue weighted by atomic mass is 32.2. The van der Waals surface area contributed by atoms with Crippen LogP contribution in [0.1, 0.15) is 32.7 Å². The molecule has 0 heterocycles. The van der Waals surface area contributed by atoms with Crippen molar-refractivity contribution in [2.45, 2.75) is 18.2 Å². The molecule has 0 spiro atoms. The molecule has 160 valence electrons. The number of carbonyl (C=O) groups excluding carboxylic acids is 2. The van der Waals surface area contributed by atoms with Gasteiger partial charge in [0.2, 0.25) is 0 Å². The summed E-state index contributed by atoms with van der Waals surface area (Å²) in [6.07, 6.45) is 0.298. The SMILES string of the molecule is Cc1ccc(C(=O)NCCCS(=O)(=O)c2ccccc2)cc1NC(=O)c1ccccc1. The first kappa shape index (κ1) is 22.2. The molecule has 0 aliphatic heterocycles. The van der Waals surface area contributed by atoms with Gasteiger partial charge in [-0.15, -0.1) is 0 Å². The van der Waals surface area contributed by atoms with Crippen LogP contribution in [0.4, 0.5) is 5.69 Å². The van der Waals surface area contributed by atoms with E-state index in [0.717, 1.165) is 5.56 Å². The average molecular weight is 437 g/mol. The molecule has 0 radical (unpaired) electrons. The summed E-state index contributed by atoms with van der Waals surface area (Å²) in [5.74, 6) is -0.636. The smallest absolute Gasteiger partial charge is 0.255 e. The Morgan fingerprint density at radius 2 is 1.45 bits per heavy atom. The predicted molar refractivity (Wildman–Crippen MR) is 121 cm³/mol. The van der Waals surface area contributed by atoms with Gasteiger partial charge in [-0.1, -0.05) is 42.5 Å². The number of nitrogens with one attached hydrogen (secondary N) is 2. The summed E-state index contributed by atoms with van der Waals surface area (Å²) in [6, 6.07) is 22.1. The molecule has 0 unspecified atom stereocenters. The van der Waals surface area contributed by atoms with Crippen molar-refractivity contribution in [3.05, 3.63) is 95.6 Å². The first-order valence-electron chi connectivity index (χ1n) is 9.90. The normalized spacial score (nSPS) is 11.0. The zero-order valence-electron chi connectivity index (χ0n) is 17.2. The van der Waals surface area contributed by atoms with Crippen LogP contribution in [0, 0.1) is 6.92 Å². The molecule has 2 amide bonds. The van der Waals surface area contributed by atoms with E-state index in [1.54, 1.807) is 72.8 Å². The van der Waals surface area contributed by atoms with Crippen molar-refractivity contribution in [1.29, 1.82) is 0 Å². The number of benzene rings is 3. The Bertz CT molecular complexity index is 1160. The standard InChI is InChI=1S/C24H24N2O4S/c1-18-13-14-20(17-22(18)26-24(28)19-9-4-2-5-10-19)23(27)25-15-8-16-31(29,30)21-11-6-3-7-12-21/h2-7,9-14,17H,8,15-16H2,1H3,(H,25,27)(H,26,28). The molecule has 7 heteroatoms. The van der Waals surface area contributed by atoms with E-state index >= 15 is 0 Å². The fourth-order valence-corrected chi connectivity index (χ4v) is 4.33. The molecule has 0 aliphatic rings. The molecule has 2 N–H and O–H groups in total. The number of hydrogen-bond donors (Lipinski definition) is 2. The van der Waals surface area contributed by atoms with E-state index in [0.29, 0.717) is 23.2 Å². The van der Waals surface area contributed by atoms with Crippen LogP contribution < -0.4 is 10.6 Å².